The van der Waals surface area contributed by atoms with E-state index in [1.807, 2.05) is 49.6 Å². The number of aromatic nitrogens is 1. The topological polar surface area (TPSA) is 74.2 Å². The molecule has 1 heterocycles. The Hall–Kier alpha value is -2.12. The summed E-state index contributed by atoms with van der Waals surface area (Å²) >= 11 is 6.93. The van der Waals surface area contributed by atoms with Crippen LogP contribution in [0.15, 0.2) is 47.5 Å². The molecule has 0 aliphatic heterocycles. The number of carbonyl (C=O) groups is 1. The fourth-order valence-corrected chi connectivity index (χ4v) is 2.83. The minimum absolute atomic E-state index is 0.0678. The first kappa shape index (κ1) is 18.2. The van der Waals surface area contributed by atoms with Crippen molar-refractivity contribution < 1.29 is 9.90 Å². The summed E-state index contributed by atoms with van der Waals surface area (Å²) in [5.74, 6) is -0.266. The van der Waals surface area contributed by atoms with Crippen LogP contribution in [0.25, 0.3) is 0 Å². The molecule has 3 N–H and O–H groups in total. The van der Waals surface area contributed by atoms with Gasteiger partial charge in [0.1, 0.15) is 5.82 Å². The highest BCUT2D eigenvalue weighted by atomic mass is 32.2. The van der Waals surface area contributed by atoms with E-state index in [1.54, 1.807) is 18.0 Å². The maximum absolute atomic E-state index is 11.2. The number of carboxylic acids is 1. The van der Waals surface area contributed by atoms with Gasteiger partial charge in [0.05, 0.1) is 12.5 Å². The summed E-state index contributed by atoms with van der Waals surface area (Å²) in [6.07, 6.45) is 3.62. The minimum Gasteiger partial charge on any atom is -0.481 e. The Labute approximate surface area is 150 Å². The molecule has 0 amide bonds. The van der Waals surface area contributed by atoms with Crippen LogP contribution >= 0.6 is 24.0 Å². The van der Waals surface area contributed by atoms with E-state index in [1.165, 1.54) is 0 Å². The van der Waals surface area contributed by atoms with Crippen molar-refractivity contribution in [1.82, 2.24) is 10.3 Å². The molecular formula is C17H19N3O2S2. The van der Waals surface area contributed by atoms with E-state index in [4.69, 9.17) is 17.3 Å². The van der Waals surface area contributed by atoms with Gasteiger partial charge in [-0.25, -0.2) is 4.98 Å². The largest absolute Gasteiger partial charge is 0.481 e. The lowest BCUT2D eigenvalue weighted by atomic mass is 10.0. The molecule has 0 saturated heterocycles. The third kappa shape index (κ3) is 5.50. The Balaban J connectivity index is 2.09. The molecule has 5 nitrogen and oxygen atoms in total. The summed E-state index contributed by atoms with van der Waals surface area (Å²) in [5, 5.41) is 15.6. The summed E-state index contributed by atoms with van der Waals surface area (Å²) in [6, 6.07) is 11.1. The summed E-state index contributed by atoms with van der Waals surface area (Å²) < 4.78 is 0. The van der Waals surface area contributed by atoms with E-state index >= 15 is 0 Å². The van der Waals surface area contributed by atoms with E-state index in [0.29, 0.717) is 10.9 Å². The molecule has 126 valence electrons. The Bertz CT molecular complexity index is 720. The van der Waals surface area contributed by atoms with Crippen molar-refractivity contribution in [1.29, 1.82) is 0 Å². The zero-order valence-electron chi connectivity index (χ0n) is 13.4. The number of rotatable bonds is 6. The maximum Gasteiger partial charge on any atom is 0.305 e. The second-order valence-electron chi connectivity index (χ2n) is 5.24. The molecule has 0 spiro atoms. The van der Waals surface area contributed by atoms with Gasteiger partial charge in [-0.1, -0.05) is 12.1 Å². The zero-order valence-corrected chi connectivity index (χ0v) is 15.1. The van der Waals surface area contributed by atoms with Crippen molar-refractivity contribution in [3.05, 3.63) is 53.7 Å². The lowest BCUT2D eigenvalue weighted by Gasteiger charge is -2.20. The molecule has 1 atom stereocenters. The van der Waals surface area contributed by atoms with Gasteiger partial charge in [0.2, 0.25) is 0 Å². The number of aliphatic carboxylic acids is 1. The van der Waals surface area contributed by atoms with Crippen molar-refractivity contribution in [2.45, 2.75) is 24.3 Å². The predicted octanol–water partition coefficient (Wildman–Crippen LogP) is 3.61. The quantitative estimate of drug-likeness (QED) is 0.536. The number of nitrogens with one attached hydrogen (secondary N) is 2. The number of thioether (sulfide) groups is 1. The normalized spacial score (nSPS) is 11.6. The average Bonchev–Trinajstić information content (AvgIpc) is 2.54. The molecule has 7 heteroatoms. The number of pyridine rings is 1. The van der Waals surface area contributed by atoms with E-state index in [9.17, 15) is 4.79 Å². The van der Waals surface area contributed by atoms with Gasteiger partial charge in [-0.05, 0) is 60.8 Å². The molecular weight excluding hydrogens is 342 g/mol. The van der Waals surface area contributed by atoms with Crippen LogP contribution in [0.2, 0.25) is 0 Å². The smallest absolute Gasteiger partial charge is 0.305 e. The highest BCUT2D eigenvalue weighted by molar-refractivity contribution is 7.98. The maximum atomic E-state index is 11.2. The summed E-state index contributed by atoms with van der Waals surface area (Å²) in [6.45, 7) is 1.96. The summed E-state index contributed by atoms with van der Waals surface area (Å²) in [4.78, 5) is 16.5. The second-order valence-corrected chi connectivity index (χ2v) is 6.53. The first-order chi connectivity index (χ1) is 11.5. The Kier molecular flexibility index (Phi) is 6.57. The van der Waals surface area contributed by atoms with Gasteiger partial charge in [-0.15, -0.1) is 11.8 Å². The Morgan fingerprint density at radius 1 is 1.33 bits per heavy atom. The number of hydrogen-bond donors (Lipinski definition) is 3. The first-order valence-electron chi connectivity index (χ1n) is 7.34. The zero-order chi connectivity index (χ0) is 17.5. The van der Waals surface area contributed by atoms with Crippen LogP contribution < -0.4 is 10.6 Å². The van der Waals surface area contributed by atoms with Crippen LogP contribution in [0.1, 0.15) is 23.6 Å². The molecule has 0 saturated carbocycles. The first-order valence-corrected chi connectivity index (χ1v) is 8.97. The van der Waals surface area contributed by atoms with Gasteiger partial charge >= 0.3 is 5.97 Å². The van der Waals surface area contributed by atoms with Crippen molar-refractivity contribution in [3.63, 3.8) is 0 Å². The highest BCUT2D eigenvalue weighted by Gasteiger charge is 2.17. The van der Waals surface area contributed by atoms with E-state index in [2.05, 4.69) is 15.6 Å². The van der Waals surface area contributed by atoms with Gasteiger partial charge in [0.15, 0.2) is 5.11 Å². The molecule has 0 aliphatic rings. The number of aryl methyl sites for hydroxylation is 1. The number of thiocarbonyl (C=S) groups is 1. The molecule has 1 aromatic carbocycles. The van der Waals surface area contributed by atoms with Gasteiger partial charge in [-0.3, -0.25) is 4.79 Å². The van der Waals surface area contributed by atoms with Crippen LogP contribution in [-0.4, -0.2) is 27.4 Å². The van der Waals surface area contributed by atoms with Crippen LogP contribution in [0, 0.1) is 6.92 Å². The summed E-state index contributed by atoms with van der Waals surface area (Å²) in [7, 11) is 0. The molecule has 0 aliphatic carbocycles. The van der Waals surface area contributed by atoms with Crippen LogP contribution in [-0.2, 0) is 4.79 Å². The SMILES string of the molecule is CSc1ccc([C@H](CC(=O)O)NC(=S)Nc2cc(C)ccn2)cc1. The number of hydrogen-bond acceptors (Lipinski definition) is 4. The monoisotopic (exact) mass is 361 g/mol. The fourth-order valence-electron chi connectivity index (χ4n) is 2.18. The number of nitrogens with zero attached hydrogens (tertiary/aromatic N) is 1. The molecule has 2 rings (SSSR count). The van der Waals surface area contributed by atoms with Crippen LogP contribution in [0.4, 0.5) is 5.82 Å². The molecule has 2 aromatic rings. The Morgan fingerprint density at radius 3 is 2.62 bits per heavy atom. The van der Waals surface area contributed by atoms with Crippen molar-refractivity contribution >= 4 is 40.9 Å². The number of benzene rings is 1. The standard InChI is InChI=1S/C17H19N3O2S2/c1-11-7-8-18-15(9-11)20-17(23)19-14(10-16(21)22)12-3-5-13(24-2)6-4-12/h3-9,14H,10H2,1-2H3,(H,21,22)(H2,18,19,20,23)/t14-/m0/s1. The van der Waals surface area contributed by atoms with Crippen molar-refractivity contribution in [2.75, 3.05) is 11.6 Å². The van der Waals surface area contributed by atoms with Crippen molar-refractivity contribution in [2.24, 2.45) is 0 Å². The van der Waals surface area contributed by atoms with Crippen LogP contribution in [0.3, 0.4) is 0 Å². The lowest BCUT2D eigenvalue weighted by Crippen LogP contribution is -2.33. The average molecular weight is 361 g/mol. The molecule has 24 heavy (non-hydrogen) atoms. The van der Waals surface area contributed by atoms with Gasteiger partial charge in [0.25, 0.3) is 0 Å². The van der Waals surface area contributed by atoms with E-state index in [-0.39, 0.29) is 6.42 Å². The third-order valence-electron chi connectivity index (χ3n) is 3.36. The molecule has 0 radical (unpaired) electrons. The van der Waals surface area contributed by atoms with Gasteiger partial charge in [0, 0.05) is 11.1 Å². The van der Waals surface area contributed by atoms with Crippen LogP contribution in [0.5, 0.6) is 0 Å². The van der Waals surface area contributed by atoms with Gasteiger partial charge < -0.3 is 15.7 Å². The number of carboxylic acid groups (broad SMARTS) is 1. The second kappa shape index (κ2) is 8.65. The molecule has 0 bridgehead atoms. The predicted molar refractivity (Wildman–Crippen MR) is 102 cm³/mol. The summed E-state index contributed by atoms with van der Waals surface area (Å²) in [5.41, 5.74) is 1.93. The van der Waals surface area contributed by atoms with Gasteiger partial charge in [-0.2, -0.15) is 0 Å². The van der Waals surface area contributed by atoms with E-state index < -0.39 is 12.0 Å². The minimum atomic E-state index is -0.891. The third-order valence-corrected chi connectivity index (χ3v) is 4.32. The molecule has 0 unspecified atom stereocenters. The van der Waals surface area contributed by atoms with E-state index in [0.717, 1.165) is 16.0 Å². The Morgan fingerprint density at radius 2 is 2.04 bits per heavy atom. The molecule has 0 fully saturated rings. The lowest BCUT2D eigenvalue weighted by molar-refractivity contribution is -0.137. The highest BCUT2D eigenvalue weighted by Crippen LogP contribution is 2.21. The number of anilines is 1. The molecule has 1 aromatic heterocycles. The van der Waals surface area contributed by atoms with Crippen molar-refractivity contribution in [3.8, 4) is 0 Å². The fraction of sp³-hybridized carbons (Fsp3) is 0.235.